The molecule has 68 heavy (non-hydrogen) atoms. The van der Waals surface area contributed by atoms with E-state index in [-0.39, 0.29) is 25.2 Å². The molecule has 0 aliphatic carbocycles. The molecule has 0 aliphatic rings. The second-order valence-electron chi connectivity index (χ2n) is 19.9. The molecular formula is C63H114O5. The first kappa shape index (κ1) is 65.6. The zero-order valence-corrected chi connectivity index (χ0v) is 45.6. The molecule has 0 aromatic heterocycles. The van der Waals surface area contributed by atoms with Gasteiger partial charge in [-0.1, -0.05) is 242 Å². The minimum Gasteiger partial charge on any atom is -0.462 e. The van der Waals surface area contributed by atoms with Crippen molar-refractivity contribution in [2.24, 2.45) is 0 Å². The quantitative estimate of drug-likeness (QED) is 0.0345. The van der Waals surface area contributed by atoms with E-state index < -0.39 is 6.10 Å². The Labute approximate surface area is 424 Å². The molecule has 0 saturated heterocycles. The Morgan fingerprint density at radius 3 is 1.01 bits per heavy atom. The van der Waals surface area contributed by atoms with Crippen molar-refractivity contribution in [3.05, 3.63) is 60.8 Å². The van der Waals surface area contributed by atoms with Crippen LogP contribution in [0.25, 0.3) is 0 Å². The maximum absolute atomic E-state index is 12.9. The SMILES string of the molecule is CCCCC/C=C\C/C=C\CCCCCCCCCC(=O)OCC(COCCCCCCCCCCCC/C=C\CCCCCCCC)OC(=O)CCCCCCC/C=C\C/C=C\CCCCC. The summed E-state index contributed by atoms with van der Waals surface area (Å²) in [5.41, 5.74) is 0. The van der Waals surface area contributed by atoms with Crippen LogP contribution in [-0.2, 0) is 23.8 Å². The van der Waals surface area contributed by atoms with Crippen LogP contribution in [-0.4, -0.2) is 37.9 Å². The van der Waals surface area contributed by atoms with Crippen molar-refractivity contribution < 1.29 is 23.8 Å². The lowest BCUT2D eigenvalue weighted by Gasteiger charge is -2.18. The van der Waals surface area contributed by atoms with E-state index in [0.717, 1.165) is 70.6 Å². The summed E-state index contributed by atoms with van der Waals surface area (Å²) in [4.78, 5) is 25.5. The zero-order chi connectivity index (χ0) is 49.2. The van der Waals surface area contributed by atoms with E-state index in [1.165, 1.54) is 199 Å². The third-order valence-electron chi connectivity index (χ3n) is 13.0. The fourth-order valence-corrected chi connectivity index (χ4v) is 8.51. The molecule has 5 nitrogen and oxygen atoms in total. The highest BCUT2D eigenvalue weighted by atomic mass is 16.6. The number of hydrogen-bond donors (Lipinski definition) is 0. The van der Waals surface area contributed by atoms with Gasteiger partial charge >= 0.3 is 11.9 Å². The predicted octanol–water partition coefficient (Wildman–Crippen LogP) is 20.5. The monoisotopic (exact) mass is 951 g/mol. The molecule has 0 heterocycles. The molecule has 0 aliphatic heterocycles. The van der Waals surface area contributed by atoms with Crippen LogP contribution in [0.1, 0.15) is 303 Å². The van der Waals surface area contributed by atoms with Gasteiger partial charge in [0.2, 0.25) is 0 Å². The first-order valence-electron chi connectivity index (χ1n) is 29.8. The largest absolute Gasteiger partial charge is 0.462 e. The summed E-state index contributed by atoms with van der Waals surface area (Å²) in [6.45, 7) is 7.79. The number of ether oxygens (including phenoxy) is 3. The molecule has 1 unspecified atom stereocenters. The third-order valence-corrected chi connectivity index (χ3v) is 13.0. The van der Waals surface area contributed by atoms with Crippen LogP contribution in [0.5, 0.6) is 0 Å². The van der Waals surface area contributed by atoms with Gasteiger partial charge in [0, 0.05) is 19.4 Å². The van der Waals surface area contributed by atoms with Crippen LogP contribution in [0.2, 0.25) is 0 Å². The molecule has 0 aromatic rings. The highest BCUT2D eigenvalue weighted by Gasteiger charge is 2.17. The maximum Gasteiger partial charge on any atom is 0.306 e. The van der Waals surface area contributed by atoms with Gasteiger partial charge in [-0.3, -0.25) is 9.59 Å². The Bertz CT molecular complexity index is 1170. The highest BCUT2D eigenvalue weighted by molar-refractivity contribution is 5.70. The molecule has 1 atom stereocenters. The predicted molar refractivity (Wildman–Crippen MR) is 298 cm³/mol. The number of carbonyl (C=O) groups excluding carboxylic acids is 2. The number of rotatable bonds is 55. The minimum absolute atomic E-state index is 0.0758. The number of hydrogen-bond acceptors (Lipinski definition) is 5. The molecule has 5 heteroatoms. The normalized spacial score (nSPS) is 12.6. The van der Waals surface area contributed by atoms with Crippen LogP contribution < -0.4 is 0 Å². The Hall–Kier alpha value is -2.40. The van der Waals surface area contributed by atoms with Gasteiger partial charge in [-0.15, -0.1) is 0 Å². The van der Waals surface area contributed by atoms with Crippen LogP contribution in [0, 0.1) is 0 Å². The molecule has 0 amide bonds. The van der Waals surface area contributed by atoms with Gasteiger partial charge in [-0.05, 0) is 109 Å². The second kappa shape index (κ2) is 58.9. The molecule has 396 valence electrons. The Morgan fingerprint density at radius 1 is 0.324 bits per heavy atom. The standard InChI is InChI=1S/C63H114O5/c1-4-7-10-13-16-19-22-25-28-30-31-32-34-37-40-43-46-49-52-55-58-66-59-61(68-63(65)57-54-51-48-45-42-39-35-27-24-21-18-15-12-9-6-3)60-67-62(64)56-53-50-47-44-41-38-36-33-29-26-23-20-17-14-11-8-5-2/h17-18,20-21,25-29,35,61H,4-16,19,22-24,30-34,36-60H2,1-3H3/b20-17-,21-18-,28-25-,29-26-,35-27-. The van der Waals surface area contributed by atoms with Crippen LogP contribution in [0.4, 0.5) is 0 Å². The first-order valence-corrected chi connectivity index (χ1v) is 29.8. The third kappa shape index (κ3) is 56.2. The summed E-state index contributed by atoms with van der Waals surface area (Å²) in [7, 11) is 0. The van der Waals surface area contributed by atoms with Gasteiger partial charge < -0.3 is 14.2 Å². The molecule has 0 fully saturated rings. The molecule has 0 rings (SSSR count). The van der Waals surface area contributed by atoms with E-state index >= 15 is 0 Å². The zero-order valence-electron chi connectivity index (χ0n) is 45.6. The fraction of sp³-hybridized carbons (Fsp3) is 0.810. The number of carbonyl (C=O) groups is 2. The van der Waals surface area contributed by atoms with E-state index in [0.29, 0.717) is 19.4 Å². The molecule has 0 bridgehead atoms. The van der Waals surface area contributed by atoms with Crippen LogP contribution in [0.3, 0.4) is 0 Å². The van der Waals surface area contributed by atoms with Crippen molar-refractivity contribution >= 4 is 11.9 Å². The minimum atomic E-state index is -0.549. The summed E-state index contributed by atoms with van der Waals surface area (Å²) in [6.07, 6.45) is 75.3. The average molecular weight is 952 g/mol. The van der Waals surface area contributed by atoms with Crippen molar-refractivity contribution in [3.63, 3.8) is 0 Å². The summed E-state index contributed by atoms with van der Waals surface area (Å²) < 4.78 is 17.5. The van der Waals surface area contributed by atoms with Gasteiger partial charge in [-0.25, -0.2) is 0 Å². The first-order chi connectivity index (χ1) is 33.6. The number of allylic oxidation sites excluding steroid dienone is 10. The van der Waals surface area contributed by atoms with Crippen LogP contribution >= 0.6 is 0 Å². The highest BCUT2D eigenvalue weighted by Crippen LogP contribution is 2.15. The van der Waals surface area contributed by atoms with Gasteiger partial charge in [0.05, 0.1) is 6.61 Å². The lowest BCUT2D eigenvalue weighted by molar-refractivity contribution is -0.163. The summed E-state index contributed by atoms with van der Waals surface area (Å²) >= 11 is 0. The molecule has 0 saturated carbocycles. The Morgan fingerprint density at radius 2 is 0.618 bits per heavy atom. The van der Waals surface area contributed by atoms with Gasteiger partial charge in [0.15, 0.2) is 6.10 Å². The average Bonchev–Trinajstić information content (AvgIpc) is 3.34. The Kier molecular flexibility index (Phi) is 56.8. The van der Waals surface area contributed by atoms with Crippen molar-refractivity contribution in [1.29, 1.82) is 0 Å². The fourth-order valence-electron chi connectivity index (χ4n) is 8.51. The van der Waals surface area contributed by atoms with E-state index in [1.54, 1.807) is 0 Å². The van der Waals surface area contributed by atoms with Crippen molar-refractivity contribution in [3.8, 4) is 0 Å². The van der Waals surface area contributed by atoms with Gasteiger partial charge in [0.25, 0.3) is 0 Å². The second-order valence-corrected chi connectivity index (χ2v) is 19.9. The Balaban J connectivity index is 4.27. The van der Waals surface area contributed by atoms with Crippen LogP contribution in [0.15, 0.2) is 60.8 Å². The molecule has 0 radical (unpaired) electrons. The van der Waals surface area contributed by atoms with Crippen molar-refractivity contribution in [2.45, 2.75) is 309 Å². The lowest BCUT2D eigenvalue weighted by atomic mass is 10.1. The molecule has 0 N–H and O–H groups in total. The lowest BCUT2D eigenvalue weighted by Crippen LogP contribution is -2.30. The van der Waals surface area contributed by atoms with E-state index in [4.69, 9.17) is 14.2 Å². The summed E-state index contributed by atoms with van der Waals surface area (Å²) in [6, 6.07) is 0. The summed E-state index contributed by atoms with van der Waals surface area (Å²) in [5.74, 6) is -0.411. The summed E-state index contributed by atoms with van der Waals surface area (Å²) in [5, 5.41) is 0. The number of unbranched alkanes of at least 4 members (excludes halogenated alkanes) is 34. The maximum atomic E-state index is 12.9. The van der Waals surface area contributed by atoms with Gasteiger partial charge in [-0.2, -0.15) is 0 Å². The number of esters is 2. The van der Waals surface area contributed by atoms with E-state index in [2.05, 4.69) is 81.5 Å². The van der Waals surface area contributed by atoms with E-state index in [9.17, 15) is 9.59 Å². The smallest absolute Gasteiger partial charge is 0.306 e. The van der Waals surface area contributed by atoms with Crippen molar-refractivity contribution in [2.75, 3.05) is 19.8 Å². The van der Waals surface area contributed by atoms with E-state index in [1.807, 2.05) is 0 Å². The topological polar surface area (TPSA) is 61.8 Å². The molecular weight excluding hydrogens is 837 g/mol. The van der Waals surface area contributed by atoms with Crippen molar-refractivity contribution in [1.82, 2.24) is 0 Å². The van der Waals surface area contributed by atoms with Gasteiger partial charge in [0.1, 0.15) is 6.61 Å². The molecule has 0 spiro atoms. The molecule has 0 aromatic carbocycles.